The third-order valence-electron chi connectivity index (χ3n) is 1.65. The highest BCUT2D eigenvalue weighted by molar-refractivity contribution is 7.99. The van der Waals surface area contributed by atoms with Crippen LogP contribution in [-0.4, -0.2) is 19.1 Å². The summed E-state index contributed by atoms with van der Waals surface area (Å²) in [6.45, 7) is 4.94. The van der Waals surface area contributed by atoms with Crippen LogP contribution >= 0.6 is 11.8 Å². The van der Waals surface area contributed by atoms with E-state index in [0.29, 0.717) is 12.0 Å². The van der Waals surface area contributed by atoms with Crippen molar-refractivity contribution in [2.45, 2.75) is 24.0 Å². The Bertz CT molecular complexity index is 258. The largest absolute Gasteiger partial charge is 0.365 e. The molecule has 1 aromatic carbocycles. The summed E-state index contributed by atoms with van der Waals surface area (Å²) in [5, 5.41) is 3.78. The average molecular weight is 211 g/mol. The molecule has 0 aliphatic heterocycles. The number of nitrogens with one attached hydrogen (secondary N) is 1. The summed E-state index contributed by atoms with van der Waals surface area (Å²) >= 11 is 1.87. The van der Waals surface area contributed by atoms with Gasteiger partial charge in [0, 0.05) is 22.9 Å². The molecule has 1 N–H and O–H groups in total. The van der Waals surface area contributed by atoms with Crippen LogP contribution in [-0.2, 0) is 4.74 Å². The zero-order chi connectivity index (χ0) is 10.4. The van der Waals surface area contributed by atoms with Gasteiger partial charge in [0.05, 0.1) is 0 Å². The summed E-state index contributed by atoms with van der Waals surface area (Å²) in [5.41, 5.74) is 1.10. The van der Waals surface area contributed by atoms with Crippen molar-refractivity contribution in [1.82, 2.24) is 0 Å². The smallest absolute Gasteiger partial charge is 0.116 e. The molecule has 0 amide bonds. The van der Waals surface area contributed by atoms with Gasteiger partial charge in [0.25, 0.3) is 0 Å². The van der Waals surface area contributed by atoms with E-state index in [-0.39, 0.29) is 0 Å². The van der Waals surface area contributed by atoms with Crippen LogP contribution < -0.4 is 5.32 Å². The number of methoxy groups -OCH3 is 1. The molecule has 0 saturated carbocycles. The summed E-state index contributed by atoms with van der Waals surface area (Å²) in [6.07, 6.45) is 0. The van der Waals surface area contributed by atoms with Crippen molar-refractivity contribution in [2.75, 3.05) is 19.2 Å². The van der Waals surface area contributed by atoms with Crippen LogP contribution in [0.1, 0.15) is 13.8 Å². The minimum absolute atomic E-state index is 0.552. The van der Waals surface area contributed by atoms with Crippen LogP contribution in [0.5, 0.6) is 0 Å². The van der Waals surface area contributed by atoms with E-state index in [1.807, 2.05) is 11.8 Å². The Hall–Kier alpha value is -0.670. The van der Waals surface area contributed by atoms with Gasteiger partial charge in [-0.25, -0.2) is 0 Å². The average Bonchev–Trinajstić information content (AvgIpc) is 2.16. The summed E-state index contributed by atoms with van der Waals surface area (Å²) in [7, 11) is 1.68. The number of hydrogen-bond donors (Lipinski definition) is 1. The fourth-order valence-corrected chi connectivity index (χ4v) is 1.92. The third kappa shape index (κ3) is 4.03. The SMILES string of the molecule is COCNc1ccc(SC(C)C)cc1. The number of rotatable bonds is 5. The molecular formula is C11H17NOS. The Kier molecular flexibility index (Phi) is 4.84. The zero-order valence-electron chi connectivity index (χ0n) is 8.91. The molecular weight excluding hydrogens is 194 g/mol. The van der Waals surface area contributed by atoms with Gasteiger partial charge in [-0.2, -0.15) is 0 Å². The molecule has 0 saturated heterocycles. The fraction of sp³-hybridized carbons (Fsp3) is 0.455. The van der Waals surface area contributed by atoms with Crippen molar-refractivity contribution in [3.63, 3.8) is 0 Å². The van der Waals surface area contributed by atoms with E-state index in [1.165, 1.54) is 4.90 Å². The molecule has 0 bridgehead atoms. The Balaban J connectivity index is 2.50. The summed E-state index contributed by atoms with van der Waals surface area (Å²) in [5.74, 6) is 0. The first-order chi connectivity index (χ1) is 6.72. The Morgan fingerprint density at radius 2 is 1.93 bits per heavy atom. The lowest BCUT2D eigenvalue weighted by Crippen LogP contribution is -2.02. The number of anilines is 1. The molecule has 0 radical (unpaired) electrons. The van der Waals surface area contributed by atoms with Crippen LogP contribution in [0.15, 0.2) is 29.2 Å². The molecule has 0 unspecified atom stereocenters. The normalized spacial score (nSPS) is 10.6. The predicted molar refractivity (Wildman–Crippen MR) is 62.9 cm³/mol. The highest BCUT2D eigenvalue weighted by atomic mass is 32.2. The van der Waals surface area contributed by atoms with Gasteiger partial charge in [0.15, 0.2) is 0 Å². The molecule has 0 aliphatic rings. The monoisotopic (exact) mass is 211 g/mol. The Morgan fingerprint density at radius 3 is 2.43 bits per heavy atom. The second kappa shape index (κ2) is 5.94. The summed E-state index contributed by atoms with van der Waals surface area (Å²) in [6, 6.07) is 8.40. The van der Waals surface area contributed by atoms with Gasteiger partial charge in [0.2, 0.25) is 0 Å². The van der Waals surface area contributed by atoms with Gasteiger partial charge in [-0.1, -0.05) is 13.8 Å². The van der Waals surface area contributed by atoms with Gasteiger partial charge in [-0.05, 0) is 24.3 Å². The highest BCUT2D eigenvalue weighted by Crippen LogP contribution is 2.23. The minimum atomic E-state index is 0.552. The molecule has 0 atom stereocenters. The Labute approximate surface area is 90.0 Å². The van der Waals surface area contributed by atoms with Crippen LogP contribution in [0.25, 0.3) is 0 Å². The minimum Gasteiger partial charge on any atom is -0.365 e. The van der Waals surface area contributed by atoms with Crippen molar-refractivity contribution in [2.24, 2.45) is 0 Å². The molecule has 3 heteroatoms. The first-order valence-electron chi connectivity index (χ1n) is 4.72. The van der Waals surface area contributed by atoms with Crippen LogP contribution in [0.4, 0.5) is 5.69 Å². The van der Waals surface area contributed by atoms with Crippen molar-refractivity contribution < 1.29 is 4.74 Å². The van der Waals surface area contributed by atoms with E-state index >= 15 is 0 Å². The predicted octanol–water partition coefficient (Wildman–Crippen LogP) is 3.20. The summed E-state index contributed by atoms with van der Waals surface area (Å²) in [4.78, 5) is 1.31. The van der Waals surface area contributed by atoms with Crippen molar-refractivity contribution >= 4 is 17.4 Å². The fourth-order valence-electron chi connectivity index (χ4n) is 1.08. The third-order valence-corrected chi connectivity index (χ3v) is 2.66. The zero-order valence-corrected chi connectivity index (χ0v) is 9.73. The molecule has 78 valence electrons. The second-order valence-corrected chi connectivity index (χ2v) is 4.95. The van der Waals surface area contributed by atoms with Crippen LogP contribution in [0.3, 0.4) is 0 Å². The van der Waals surface area contributed by atoms with E-state index in [4.69, 9.17) is 4.74 Å². The molecule has 14 heavy (non-hydrogen) atoms. The Morgan fingerprint density at radius 1 is 1.29 bits per heavy atom. The quantitative estimate of drug-likeness (QED) is 0.597. The van der Waals surface area contributed by atoms with Crippen molar-refractivity contribution in [3.05, 3.63) is 24.3 Å². The van der Waals surface area contributed by atoms with Gasteiger partial charge in [-0.15, -0.1) is 11.8 Å². The maximum absolute atomic E-state index is 4.92. The topological polar surface area (TPSA) is 21.3 Å². The van der Waals surface area contributed by atoms with Crippen LogP contribution in [0.2, 0.25) is 0 Å². The van der Waals surface area contributed by atoms with E-state index in [9.17, 15) is 0 Å². The van der Waals surface area contributed by atoms with Crippen molar-refractivity contribution in [1.29, 1.82) is 0 Å². The second-order valence-electron chi connectivity index (χ2n) is 3.30. The molecule has 1 aromatic rings. The number of benzene rings is 1. The molecule has 2 nitrogen and oxygen atoms in total. The summed E-state index contributed by atoms with van der Waals surface area (Å²) < 4.78 is 4.92. The standard InChI is InChI=1S/C11H17NOS/c1-9(2)14-11-6-4-10(5-7-11)12-8-13-3/h4-7,9,12H,8H2,1-3H3. The van der Waals surface area contributed by atoms with Gasteiger partial charge in [-0.3, -0.25) is 0 Å². The molecule has 0 spiro atoms. The molecule has 0 heterocycles. The lowest BCUT2D eigenvalue weighted by atomic mass is 10.3. The van der Waals surface area contributed by atoms with Gasteiger partial charge >= 0.3 is 0 Å². The van der Waals surface area contributed by atoms with Gasteiger partial charge < -0.3 is 10.1 Å². The van der Waals surface area contributed by atoms with Crippen molar-refractivity contribution in [3.8, 4) is 0 Å². The highest BCUT2D eigenvalue weighted by Gasteiger charge is 1.97. The molecule has 0 aromatic heterocycles. The lowest BCUT2D eigenvalue weighted by molar-refractivity contribution is 0.221. The van der Waals surface area contributed by atoms with E-state index in [2.05, 4.69) is 43.4 Å². The van der Waals surface area contributed by atoms with E-state index in [1.54, 1.807) is 7.11 Å². The van der Waals surface area contributed by atoms with E-state index in [0.717, 1.165) is 5.69 Å². The maximum atomic E-state index is 4.92. The lowest BCUT2D eigenvalue weighted by Gasteiger charge is -2.07. The number of ether oxygens (including phenoxy) is 1. The first-order valence-corrected chi connectivity index (χ1v) is 5.60. The number of thioether (sulfide) groups is 1. The number of hydrogen-bond acceptors (Lipinski definition) is 3. The molecule has 1 rings (SSSR count). The van der Waals surface area contributed by atoms with Crippen LogP contribution in [0, 0.1) is 0 Å². The van der Waals surface area contributed by atoms with E-state index < -0.39 is 0 Å². The molecule has 0 aliphatic carbocycles. The maximum Gasteiger partial charge on any atom is 0.116 e. The first kappa shape index (κ1) is 11.4. The molecule has 0 fully saturated rings. The van der Waals surface area contributed by atoms with Gasteiger partial charge in [0.1, 0.15) is 6.73 Å².